The monoisotopic (exact) mass is 390 g/mol. The molecule has 0 bridgehead atoms. The van der Waals surface area contributed by atoms with Crippen LogP contribution in [0.25, 0.3) is 11.3 Å². The summed E-state index contributed by atoms with van der Waals surface area (Å²) < 4.78 is 0. The van der Waals surface area contributed by atoms with Crippen molar-refractivity contribution in [2.75, 3.05) is 5.73 Å². The Morgan fingerprint density at radius 3 is 2.69 bits per heavy atom. The van der Waals surface area contributed by atoms with Gasteiger partial charge in [0.05, 0.1) is 24.7 Å². The van der Waals surface area contributed by atoms with Crippen LogP contribution in [0, 0.1) is 12.3 Å². The third kappa shape index (κ3) is 7.40. The Bertz CT molecular complexity index is 968. The number of nitrogen functional groups attached to an aromatic ring is 1. The van der Waals surface area contributed by atoms with Crippen LogP contribution in [0.4, 0.5) is 5.82 Å². The lowest BCUT2D eigenvalue weighted by Crippen LogP contribution is -2.18. The predicted molar refractivity (Wildman–Crippen MR) is 120 cm³/mol. The number of hydrogen-bond acceptors (Lipinski definition) is 6. The molecule has 150 valence electrons. The van der Waals surface area contributed by atoms with Crippen molar-refractivity contribution < 1.29 is 5.11 Å². The average Bonchev–Trinajstić information content (AvgIpc) is 2.74. The fourth-order valence-corrected chi connectivity index (χ4v) is 2.17. The fraction of sp³-hybridized carbons (Fsp3) is 0.182. The van der Waals surface area contributed by atoms with Crippen molar-refractivity contribution in [3.63, 3.8) is 0 Å². The molecule has 0 unspecified atom stereocenters. The van der Waals surface area contributed by atoms with Gasteiger partial charge >= 0.3 is 0 Å². The molecule has 0 aliphatic carbocycles. The molecule has 0 fully saturated rings. The number of aliphatic hydroxyl groups excluding tert-OH is 1. The Hall–Kier alpha value is -3.76. The number of aliphatic hydroxyl groups is 1. The van der Waals surface area contributed by atoms with Gasteiger partial charge in [-0.1, -0.05) is 36.4 Å². The van der Waals surface area contributed by atoms with Crippen molar-refractivity contribution in [1.29, 1.82) is 0 Å². The minimum absolute atomic E-state index is 0.0547. The number of rotatable bonds is 6. The maximum absolute atomic E-state index is 9.28. The van der Waals surface area contributed by atoms with E-state index in [-0.39, 0.29) is 24.0 Å². The second-order valence-corrected chi connectivity index (χ2v) is 5.65. The zero-order valence-corrected chi connectivity index (χ0v) is 16.9. The fourth-order valence-electron chi connectivity index (χ4n) is 2.17. The molecule has 0 spiro atoms. The first kappa shape index (κ1) is 23.3. The lowest BCUT2D eigenvalue weighted by Gasteiger charge is -2.07. The van der Waals surface area contributed by atoms with Crippen LogP contribution >= 0.6 is 0 Å². The van der Waals surface area contributed by atoms with E-state index >= 15 is 0 Å². The average molecular weight is 390 g/mol. The number of aromatic nitrogens is 2. The van der Waals surface area contributed by atoms with E-state index in [1.54, 1.807) is 19.3 Å². The molecule has 0 radical (unpaired) electrons. The van der Waals surface area contributed by atoms with Crippen molar-refractivity contribution in [1.82, 2.24) is 9.97 Å². The Morgan fingerprint density at radius 2 is 2.07 bits per heavy atom. The van der Waals surface area contributed by atoms with Gasteiger partial charge in [0, 0.05) is 5.56 Å². The highest BCUT2D eigenvalue weighted by molar-refractivity contribution is 6.00. The molecule has 0 amide bonds. The molecular formula is C22H26N6O. The minimum Gasteiger partial charge on any atom is -0.392 e. The lowest BCUT2D eigenvalue weighted by atomic mass is 10.1. The minimum atomic E-state index is -0.0547. The molecule has 2 rings (SSSR count). The molecule has 1 aromatic carbocycles. The van der Waals surface area contributed by atoms with Crippen molar-refractivity contribution in [2.45, 2.75) is 27.4 Å². The van der Waals surface area contributed by atoms with Crippen LogP contribution in [-0.4, -0.2) is 27.1 Å². The summed E-state index contributed by atoms with van der Waals surface area (Å²) in [6.45, 7) is 5.42. The van der Waals surface area contributed by atoms with Gasteiger partial charge in [0.2, 0.25) is 0 Å². The first-order valence-corrected chi connectivity index (χ1v) is 8.86. The molecular weight excluding hydrogens is 364 g/mol. The SMILES string of the molecule is C#CC.C\C=C/C(/C=N/N=C(\N)c1nc(-c2cccc(CO)c2)cnc1N)=C\C. The highest BCUT2D eigenvalue weighted by Crippen LogP contribution is 2.19. The van der Waals surface area contributed by atoms with Crippen molar-refractivity contribution >= 4 is 17.9 Å². The Kier molecular flexibility index (Phi) is 10.1. The van der Waals surface area contributed by atoms with Gasteiger partial charge < -0.3 is 16.6 Å². The maximum atomic E-state index is 9.28. The van der Waals surface area contributed by atoms with E-state index in [2.05, 4.69) is 32.5 Å². The summed E-state index contributed by atoms with van der Waals surface area (Å²) in [6.07, 6.45) is 13.4. The van der Waals surface area contributed by atoms with Gasteiger partial charge in [-0.15, -0.1) is 17.4 Å². The lowest BCUT2D eigenvalue weighted by molar-refractivity contribution is 0.282. The summed E-state index contributed by atoms with van der Waals surface area (Å²) in [5, 5.41) is 17.2. The molecule has 0 saturated heterocycles. The number of allylic oxidation sites excluding steroid dienone is 4. The Balaban J connectivity index is 0.00000132. The predicted octanol–water partition coefficient (Wildman–Crippen LogP) is 3.07. The summed E-state index contributed by atoms with van der Waals surface area (Å²) in [4.78, 5) is 8.58. The van der Waals surface area contributed by atoms with Gasteiger partial charge in [-0.2, -0.15) is 5.10 Å². The van der Waals surface area contributed by atoms with E-state index < -0.39 is 0 Å². The standard InChI is InChI=1S/C19H22N6O.C3H4/c1-3-6-13(4-2)10-23-25-19(21)17-18(20)22-11-16(24-17)15-8-5-7-14(9-15)12-26;1-3-2/h3-11,26H,12H2,1-2H3,(H2,20,22)(H2,21,25);1H,2H3/b6-3-,13-4+,23-10+;. The van der Waals surface area contributed by atoms with E-state index in [1.807, 2.05) is 56.3 Å². The highest BCUT2D eigenvalue weighted by atomic mass is 16.3. The molecule has 1 aromatic heterocycles. The Morgan fingerprint density at radius 1 is 1.34 bits per heavy atom. The summed E-state index contributed by atoms with van der Waals surface area (Å²) in [5.74, 6) is 2.49. The number of benzene rings is 1. The molecule has 0 atom stereocenters. The van der Waals surface area contributed by atoms with Gasteiger partial charge in [0.1, 0.15) is 5.69 Å². The maximum Gasteiger partial charge on any atom is 0.175 e. The van der Waals surface area contributed by atoms with Crippen LogP contribution in [0.2, 0.25) is 0 Å². The van der Waals surface area contributed by atoms with Crippen LogP contribution < -0.4 is 11.5 Å². The topological polar surface area (TPSA) is 123 Å². The highest BCUT2D eigenvalue weighted by Gasteiger charge is 2.10. The first-order valence-electron chi connectivity index (χ1n) is 8.86. The van der Waals surface area contributed by atoms with E-state index in [0.29, 0.717) is 5.69 Å². The molecule has 2 aromatic rings. The normalized spacial score (nSPS) is 12.0. The van der Waals surface area contributed by atoms with Gasteiger partial charge in [-0.25, -0.2) is 9.97 Å². The zero-order chi connectivity index (χ0) is 21.6. The van der Waals surface area contributed by atoms with E-state index in [0.717, 1.165) is 16.7 Å². The summed E-state index contributed by atoms with van der Waals surface area (Å²) >= 11 is 0. The Labute approximate surface area is 171 Å². The quantitative estimate of drug-likeness (QED) is 0.230. The first-order chi connectivity index (χ1) is 14.0. The second kappa shape index (κ2) is 12.6. The zero-order valence-electron chi connectivity index (χ0n) is 16.9. The van der Waals surface area contributed by atoms with Crippen LogP contribution in [0.5, 0.6) is 0 Å². The number of anilines is 1. The molecule has 0 aliphatic rings. The second-order valence-electron chi connectivity index (χ2n) is 5.65. The summed E-state index contributed by atoms with van der Waals surface area (Å²) in [7, 11) is 0. The van der Waals surface area contributed by atoms with E-state index in [1.165, 1.54) is 0 Å². The third-order valence-corrected chi connectivity index (χ3v) is 3.51. The molecule has 1 heterocycles. The molecule has 0 aliphatic heterocycles. The molecule has 7 nitrogen and oxygen atoms in total. The van der Waals surface area contributed by atoms with Crippen molar-refractivity contribution in [2.24, 2.45) is 15.9 Å². The van der Waals surface area contributed by atoms with Crippen LogP contribution in [0.15, 0.2) is 64.5 Å². The van der Waals surface area contributed by atoms with Crippen molar-refractivity contribution in [3.8, 4) is 23.6 Å². The molecule has 5 N–H and O–H groups in total. The number of hydrogen-bond donors (Lipinski definition) is 3. The van der Waals surface area contributed by atoms with Crippen LogP contribution in [0.1, 0.15) is 32.0 Å². The number of nitrogens with two attached hydrogens (primary N) is 2. The van der Waals surface area contributed by atoms with Crippen LogP contribution in [-0.2, 0) is 6.61 Å². The largest absolute Gasteiger partial charge is 0.392 e. The molecule has 29 heavy (non-hydrogen) atoms. The van der Waals surface area contributed by atoms with Gasteiger partial charge in [-0.05, 0) is 38.0 Å². The van der Waals surface area contributed by atoms with E-state index in [9.17, 15) is 5.11 Å². The molecule has 0 saturated carbocycles. The smallest absolute Gasteiger partial charge is 0.175 e. The van der Waals surface area contributed by atoms with Crippen molar-refractivity contribution in [3.05, 3.63) is 65.5 Å². The number of amidine groups is 1. The van der Waals surface area contributed by atoms with Crippen LogP contribution in [0.3, 0.4) is 0 Å². The van der Waals surface area contributed by atoms with Gasteiger partial charge in [0.25, 0.3) is 0 Å². The van der Waals surface area contributed by atoms with Gasteiger partial charge in [0.15, 0.2) is 11.7 Å². The number of nitrogens with zero attached hydrogens (tertiary/aromatic N) is 4. The van der Waals surface area contributed by atoms with E-state index in [4.69, 9.17) is 11.5 Å². The summed E-state index contributed by atoms with van der Waals surface area (Å²) in [6, 6.07) is 7.35. The molecule has 7 heteroatoms. The summed E-state index contributed by atoms with van der Waals surface area (Å²) in [5.41, 5.74) is 15.2. The number of terminal acetylenes is 1. The third-order valence-electron chi connectivity index (χ3n) is 3.51. The van der Waals surface area contributed by atoms with Gasteiger partial charge in [-0.3, -0.25) is 0 Å².